The van der Waals surface area contributed by atoms with Crippen LogP contribution in [0.4, 0.5) is 5.69 Å². The molecule has 0 radical (unpaired) electrons. The van der Waals surface area contributed by atoms with Crippen LogP contribution >= 0.6 is 0 Å². The van der Waals surface area contributed by atoms with E-state index < -0.39 is 0 Å². The molecule has 17 heavy (non-hydrogen) atoms. The molecule has 2 aliphatic rings. The largest absolute Gasteiger partial charge is 0.398 e. The van der Waals surface area contributed by atoms with Gasteiger partial charge in [0.05, 0.1) is 11.7 Å². The summed E-state index contributed by atoms with van der Waals surface area (Å²) in [6.07, 6.45) is 12.5. The number of nitrogen functional groups attached to an aromatic ring is 1. The van der Waals surface area contributed by atoms with Crippen LogP contribution in [0.15, 0.2) is 18.5 Å². The maximum Gasteiger partial charge on any atom is 0.0687 e. The second-order valence-electron chi connectivity index (χ2n) is 5.45. The topological polar surface area (TPSA) is 48.1 Å². The lowest BCUT2D eigenvalue weighted by molar-refractivity contribution is -0.0355. The van der Waals surface area contributed by atoms with E-state index in [-0.39, 0.29) is 5.60 Å². The summed E-state index contributed by atoms with van der Waals surface area (Å²) < 4.78 is 6.29. The molecule has 1 saturated carbocycles. The van der Waals surface area contributed by atoms with Crippen LogP contribution in [0.25, 0.3) is 0 Å². The molecule has 2 heterocycles. The highest BCUT2D eigenvalue weighted by atomic mass is 16.5. The molecule has 1 spiro atoms. The normalized spacial score (nSPS) is 26.7. The van der Waals surface area contributed by atoms with Gasteiger partial charge in [0, 0.05) is 24.5 Å². The Hall–Kier alpha value is -1.09. The van der Waals surface area contributed by atoms with Crippen LogP contribution in [0.1, 0.15) is 44.1 Å². The lowest BCUT2D eigenvalue weighted by Crippen LogP contribution is -2.25. The predicted octanol–water partition coefficient (Wildman–Crippen LogP) is 2.70. The molecule has 1 aromatic rings. The van der Waals surface area contributed by atoms with E-state index in [1.165, 1.54) is 38.5 Å². The summed E-state index contributed by atoms with van der Waals surface area (Å²) in [4.78, 5) is 4.14. The van der Waals surface area contributed by atoms with Crippen molar-refractivity contribution in [3.8, 4) is 0 Å². The number of nitrogens with two attached hydrogens (primary N) is 1. The van der Waals surface area contributed by atoms with Crippen molar-refractivity contribution in [1.29, 1.82) is 0 Å². The molecule has 92 valence electrons. The van der Waals surface area contributed by atoms with Crippen LogP contribution in [-0.2, 0) is 11.2 Å². The van der Waals surface area contributed by atoms with Gasteiger partial charge in [-0.15, -0.1) is 0 Å². The number of rotatable bonds is 2. The van der Waals surface area contributed by atoms with Crippen molar-refractivity contribution in [2.24, 2.45) is 0 Å². The SMILES string of the molecule is Nc1ccncc1CC1CCC2(CCCC2)O1. The van der Waals surface area contributed by atoms with Gasteiger partial charge in [0.25, 0.3) is 0 Å². The molecule has 3 heteroatoms. The zero-order valence-corrected chi connectivity index (χ0v) is 10.2. The minimum atomic E-state index is 0.224. The Morgan fingerprint density at radius 1 is 1.35 bits per heavy atom. The Kier molecular flexibility index (Phi) is 2.79. The molecule has 2 fully saturated rings. The zero-order chi connectivity index (χ0) is 11.7. The average Bonchev–Trinajstić information content (AvgIpc) is 2.94. The summed E-state index contributed by atoms with van der Waals surface area (Å²) in [5, 5.41) is 0. The Labute approximate surface area is 102 Å². The van der Waals surface area contributed by atoms with Crippen molar-refractivity contribution < 1.29 is 4.74 Å². The summed E-state index contributed by atoms with van der Waals surface area (Å²) in [6.45, 7) is 0. The van der Waals surface area contributed by atoms with Crippen LogP contribution < -0.4 is 5.73 Å². The van der Waals surface area contributed by atoms with E-state index in [2.05, 4.69) is 4.98 Å². The monoisotopic (exact) mass is 232 g/mol. The second-order valence-corrected chi connectivity index (χ2v) is 5.45. The predicted molar refractivity (Wildman–Crippen MR) is 67.7 cm³/mol. The zero-order valence-electron chi connectivity index (χ0n) is 10.2. The highest BCUT2D eigenvalue weighted by molar-refractivity contribution is 5.44. The van der Waals surface area contributed by atoms with E-state index in [9.17, 15) is 0 Å². The van der Waals surface area contributed by atoms with Crippen molar-refractivity contribution in [2.75, 3.05) is 5.73 Å². The number of pyridine rings is 1. The minimum Gasteiger partial charge on any atom is -0.398 e. The van der Waals surface area contributed by atoms with Gasteiger partial charge in [0.1, 0.15) is 0 Å². The Balaban J connectivity index is 1.66. The number of anilines is 1. The third kappa shape index (κ3) is 2.16. The van der Waals surface area contributed by atoms with Gasteiger partial charge in [-0.2, -0.15) is 0 Å². The number of aromatic nitrogens is 1. The molecule has 1 aliphatic heterocycles. The molecule has 2 N–H and O–H groups in total. The van der Waals surface area contributed by atoms with Crippen LogP contribution in [-0.4, -0.2) is 16.7 Å². The molecule has 0 aromatic carbocycles. The summed E-state index contributed by atoms with van der Waals surface area (Å²) in [7, 11) is 0. The van der Waals surface area contributed by atoms with Gasteiger partial charge in [0.15, 0.2) is 0 Å². The first-order chi connectivity index (χ1) is 8.27. The van der Waals surface area contributed by atoms with Crippen LogP contribution in [0.2, 0.25) is 0 Å². The molecule has 1 atom stereocenters. The van der Waals surface area contributed by atoms with Gasteiger partial charge < -0.3 is 10.5 Å². The molecular formula is C14H20N2O. The number of ether oxygens (including phenoxy) is 1. The lowest BCUT2D eigenvalue weighted by atomic mass is 9.97. The Morgan fingerprint density at radius 2 is 2.18 bits per heavy atom. The smallest absolute Gasteiger partial charge is 0.0687 e. The maximum absolute atomic E-state index is 6.29. The number of nitrogens with zero attached hydrogens (tertiary/aromatic N) is 1. The van der Waals surface area contributed by atoms with Crippen molar-refractivity contribution in [3.05, 3.63) is 24.0 Å². The first-order valence-electron chi connectivity index (χ1n) is 6.64. The van der Waals surface area contributed by atoms with Gasteiger partial charge in [0.2, 0.25) is 0 Å². The van der Waals surface area contributed by atoms with Gasteiger partial charge in [-0.1, -0.05) is 12.8 Å². The fourth-order valence-corrected chi connectivity index (χ4v) is 3.28. The minimum absolute atomic E-state index is 0.224. The van der Waals surface area contributed by atoms with E-state index in [4.69, 9.17) is 10.5 Å². The third-order valence-corrected chi connectivity index (χ3v) is 4.24. The molecule has 3 rings (SSSR count). The van der Waals surface area contributed by atoms with Crippen LogP contribution in [0.3, 0.4) is 0 Å². The molecule has 3 nitrogen and oxygen atoms in total. The average molecular weight is 232 g/mol. The second kappa shape index (κ2) is 4.30. The quantitative estimate of drug-likeness (QED) is 0.852. The maximum atomic E-state index is 6.29. The summed E-state index contributed by atoms with van der Waals surface area (Å²) in [5.41, 5.74) is 8.15. The van der Waals surface area contributed by atoms with Gasteiger partial charge >= 0.3 is 0 Å². The van der Waals surface area contributed by atoms with E-state index >= 15 is 0 Å². The van der Waals surface area contributed by atoms with Crippen LogP contribution in [0.5, 0.6) is 0 Å². The van der Waals surface area contributed by atoms with E-state index in [0.717, 1.165) is 17.7 Å². The fourth-order valence-electron chi connectivity index (χ4n) is 3.28. The molecular weight excluding hydrogens is 212 g/mol. The Morgan fingerprint density at radius 3 is 2.94 bits per heavy atom. The van der Waals surface area contributed by atoms with E-state index in [1.54, 1.807) is 6.20 Å². The highest BCUT2D eigenvalue weighted by Gasteiger charge is 2.42. The van der Waals surface area contributed by atoms with Crippen molar-refractivity contribution in [3.63, 3.8) is 0 Å². The molecule has 0 amide bonds. The molecule has 1 saturated heterocycles. The third-order valence-electron chi connectivity index (χ3n) is 4.24. The highest BCUT2D eigenvalue weighted by Crippen LogP contribution is 2.44. The first kappa shape index (κ1) is 11.0. The van der Waals surface area contributed by atoms with Crippen LogP contribution in [0, 0.1) is 0 Å². The van der Waals surface area contributed by atoms with Gasteiger partial charge in [-0.25, -0.2) is 0 Å². The molecule has 1 unspecified atom stereocenters. The van der Waals surface area contributed by atoms with Crippen molar-refractivity contribution in [1.82, 2.24) is 4.98 Å². The Bertz CT molecular complexity index is 399. The van der Waals surface area contributed by atoms with Crippen molar-refractivity contribution in [2.45, 2.75) is 56.7 Å². The first-order valence-corrected chi connectivity index (χ1v) is 6.64. The van der Waals surface area contributed by atoms with E-state index in [0.29, 0.717) is 6.10 Å². The number of hydrogen-bond acceptors (Lipinski definition) is 3. The lowest BCUT2D eigenvalue weighted by Gasteiger charge is -2.24. The number of hydrogen-bond donors (Lipinski definition) is 1. The van der Waals surface area contributed by atoms with Crippen molar-refractivity contribution >= 4 is 5.69 Å². The van der Waals surface area contributed by atoms with Gasteiger partial charge in [-0.3, -0.25) is 4.98 Å². The summed E-state index contributed by atoms with van der Waals surface area (Å²) in [5.74, 6) is 0. The molecule has 1 aliphatic carbocycles. The summed E-state index contributed by atoms with van der Waals surface area (Å²) >= 11 is 0. The van der Waals surface area contributed by atoms with Gasteiger partial charge in [-0.05, 0) is 37.3 Å². The standard InChI is InChI=1S/C14H20N2O/c15-13-4-8-16-10-11(13)9-12-3-7-14(17-12)5-1-2-6-14/h4,8,10,12H,1-3,5-7,9H2,(H2,15,16). The fraction of sp³-hybridized carbons (Fsp3) is 0.643. The summed E-state index contributed by atoms with van der Waals surface area (Å²) in [6, 6.07) is 1.87. The molecule has 0 bridgehead atoms. The van der Waals surface area contributed by atoms with E-state index in [1.807, 2.05) is 12.3 Å². The molecule has 1 aromatic heterocycles.